The first-order chi connectivity index (χ1) is 10.2. The van der Waals surface area contributed by atoms with Gasteiger partial charge >= 0.3 is 0 Å². The average Bonchev–Trinajstić information content (AvgIpc) is 2.51. The maximum atomic E-state index is 2.55. The van der Waals surface area contributed by atoms with Crippen molar-refractivity contribution in [3.63, 3.8) is 0 Å². The van der Waals surface area contributed by atoms with Gasteiger partial charge in [0.05, 0.1) is 0 Å². The number of benzene rings is 2. The minimum absolute atomic E-state index is 1.02. The monoisotopic (exact) mass is 280 g/mol. The number of nitrogens with zero attached hydrogens (tertiary/aromatic N) is 2. The van der Waals surface area contributed by atoms with E-state index in [0.29, 0.717) is 0 Å². The topological polar surface area (TPSA) is 6.48 Å². The smallest absolute Gasteiger partial charge is 0.0405 e. The van der Waals surface area contributed by atoms with Gasteiger partial charge in [-0.2, -0.15) is 0 Å². The zero-order chi connectivity index (χ0) is 14.7. The molecule has 2 aromatic rings. The van der Waals surface area contributed by atoms with Gasteiger partial charge in [0.2, 0.25) is 0 Å². The SMILES string of the molecule is Cc1ccc(Cc2ccccc2)c(N2CCN(C)CC2)c1. The van der Waals surface area contributed by atoms with Crippen LogP contribution in [0, 0.1) is 6.92 Å². The van der Waals surface area contributed by atoms with E-state index >= 15 is 0 Å². The molecule has 0 bridgehead atoms. The van der Waals surface area contributed by atoms with Gasteiger partial charge in [-0.1, -0.05) is 42.5 Å². The molecule has 21 heavy (non-hydrogen) atoms. The number of hydrogen-bond acceptors (Lipinski definition) is 2. The lowest BCUT2D eigenvalue weighted by atomic mass is 10.0. The summed E-state index contributed by atoms with van der Waals surface area (Å²) in [6.07, 6.45) is 1.02. The fourth-order valence-electron chi connectivity index (χ4n) is 2.98. The molecule has 0 spiro atoms. The third-order valence-corrected chi connectivity index (χ3v) is 4.32. The predicted molar refractivity (Wildman–Crippen MR) is 90.1 cm³/mol. The molecule has 1 aliphatic heterocycles. The molecule has 0 unspecified atom stereocenters. The second-order valence-corrected chi connectivity index (χ2v) is 6.08. The Kier molecular flexibility index (Phi) is 4.26. The van der Waals surface area contributed by atoms with Gasteiger partial charge in [0.25, 0.3) is 0 Å². The van der Waals surface area contributed by atoms with Gasteiger partial charge in [0, 0.05) is 31.9 Å². The molecule has 1 saturated heterocycles. The Morgan fingerprint density at radius 3 is 2.33 bits per heavy atom. The highest BCUT2D eigenvalue weighted by atomic mass is 15.2. The van der Waals surface area contributed by atoms with E-state index in [0.717, 1.165) is 32.6 Å². The summed E-state index contributed by atoms with van der Waals surface area (Å²) in [5.74, 6) is 0. The summed E-state index contributed by atoms with van der Waals surface area (Å²) in [4.78, 5) is 4.95. The normalized spacial score (nSPS) is 16.2. The summed E-state index contributed by atoms with van der Waals surface area (Å²) in [5.41, 5.74) is 5.60. The third kappa shape index (κ3) is 3.45. The van der Waals surface area contributed by atoms with Gasteiger partial charge in [-0.15, -0.1) is 0 Å². The largest absolute Gasteiger partial charge is 0.369 e. The van der Waals surface area contributed by atoms with Crippen LogP contribution in [0.15, 0.2) is 48.5 Å². The van der Waals surface area contributed by atoms with Crippen molar-refractivity contribution in [1.29, 1.82) is 0 Å². The molecule has 2 heteroatoms. The summed E-state index contributed by atoms with van der Waals surface area (Å²) in [6.45, 7) is 6.74. The van der Waals surface area contributed by atoms with E-state index in [1.54, 1.807) is 0 Å². The van der Waals surface area contributed by atoms with Crippen LogP contribution in [0.4, 0.5) is 5.69 Å². The number of anilines is 1. The van der Waals surface area contributed by atoms with E-state index < -0.39 is 0 Å². The van der Waals surface area contributed by atoms with E-state index in [4.69, 9.17) is 0 Å². The Hall–Kier alpha value is -1.80. The summed E-state index contributed by atoms with van der Waals surface area (Å²) in [7, 11) is 2.21. The molecule has 1 fully saturated rings. The van der Waals surface area contributed by atoms with Gasteiger partial charge in [-0.3, -0.25) is 0 Å². The van der Waals surface area contributed by atoms with Crippen LogP contribution in [-0.2, 0) is 6.42 Å². The summed E-state index contributed by atoms with van der Waals surface area (Å²) in [6, 6.07) is 17.6. The van der Waals surface area contributed by atoms with Crippen molar-refractivity contribution in [2.45, 2.75) is 13.3 Å². The van der Waals surface area contributed by atoms with Crippen molar-refractivity contribution in [3.8, 4) is 0 Å². The molecule has 0 atom stereocenters. The Balaban J connectivity index is 1.86. The van der Waals surface area contributed by atoms with Gasteiger partial charge in [0.15, 0.2) is 0 Å². The van der Waals surface area contributed by atoms with Gasteiger partial charge < -0.3 is 9.80 Å². The highest BCUT2D eigenvalue weighted by molar-refractivity contribution is 5.57. The van der Waals surface area contributed by atoms with Crippen molar-refractivity contribution < 1.29 is 0 Å². The first kappa shape index (κ1) is 14.2. The molecular formula is C19H24N2. The molecule has 2 aromatic carbocycles. The van der Waals surface area contributed by atoms with E-state index in [1.165, 1.54) is 22.4 Å². The highest BCUT2D eigenvalue weighted by Gasteiger charge is 2.17. The number of likely N-dealkylation sites (N-methyl/N-ethyl adjacent to an activating group) is 1. The van der Waals surface area contributed by atoms with E-state index in [2.05, 4.69) is 72.3 Å². The lowest BCUT2D eigenvalue weighted by Gasteiger charge is -2.35. The first-order valence-electron chi connectivity index (χ1n) is 7.79. The quantitative estimate of drug-likeness (QED) is 0.851. The molecule has 3 rings (SSSR count). The van der Waals surface area contributed by atoms with E-state index in [9.17, 15) is 0 Å². The van der Waals surface area contributed by atoms with Gasteiger partial charge in [-0.25, -0.2) is 0 Å². The number of rotatable bonds is 3. The second kappa shape index (κ2) is 6.31. The maximum absolute atomic E-state index is 2.55. The van der Waals surface area contributed by atoms with Crippen molar-refractivity contribution >= 4 is 5.69 Å². The second-order valence-electron chi connectivity index (χ2n) is 6.08. The van der Waals surface area contributed by atoms with E-state index in [-0.39, 0.29) is 0 Å². The number of aryl methyl sites for hydroxylation is 1. The lowest BCUT2D eigenvalue weighted by molar-refractivity contribution is 0.312. The van der Waals surface area contributed by atoms with Crippen molar-refractivity contribution in [1.82, 2.24) is 4.90 Å². The Morgan fingerprint density at radius 2 is 1.62 bits per heavy atom. The van der Waals surface area contributed by atoms with Crippen molar-refractivity contribution in [2.75, 3.05) is 38.1 Å². The summed E-state index contributed by atoms with van der Waals surface area (Å²) >= 11 is 0. The molecule has 0 aromatic heterocycles. The number of hydrogen-bond donors (Lipinski definition) is 0. The van der Waals surface area contributed by atoms with Crippen LogP contribution in [0.25, 0.3) is 0 Å². The molecular weight excluding hydrogens is 256 g/mol. The van der Waals surface area contributed by atoms with Crippen LogP contribution in [-0.4, -0.2) is 38.1 Å². The molecule has 0 radical (unpaired) electrons. The molecule has 1 heterocycles. The van der Waals surface area contributed by atoms with E-state index in [1.807, 2.05) is 0 Å². The maximum Gasteiger partial charge on any atom is 0.0405 e. The zero-order valence-corrected chi connectivity index (χ0v) is 13.0. The zero-order valence-electron chi connectivity index (χ0n) is 13.0. The average molecular weight is 280 g/mol. The first-order valence-corrected chi connectivity index (χ1v) is 7.79. The number of piperazine rings is 1. The standard InChI is InChI=1S/C19H24N2/c1-16-8-9-18(15-17-6-4-3-5-7-17)19(14-16)21-12-10-20(2)11-13-21/h3-9,14H,10-13,15H2,1-2H3. The molecule has 0 N–H and O–H groups in total. The minimum Gasteiger partial charge on any atom is -0.369 e. The highest BCUT2D eigenvalue weighted by Crippen LogP contribution is 2.25. The van der Waals surface area contributed by atoms with Crippen LogP contribution in [0.3, 0.4) is 0 Å². The van der Waals surface area contributed by atoms with Crippen LogP contribution in [0.5, 0.6) is 0 Å². The fraction of sp³-hybridized carbons (Fsp3) is 0.368. The summed E-state index contributed by atoms with van der Waals surface area (Å²) < 4.78 is 0. The predicted octanol–water partition coefficient (Wildman–Crippen LogP) is 3.34. The van der Waals surface area contributed by atoms with Crippen LogP contribution in [0.2, 0.25) is 0 Å². The Labute approximate surface area is 128 Å². The van der Waals surface area contributed by atoms with Crippen molar-refractivity contribution in [2.24, 2.45) is 0 Å². The third-order valence-electron chi connectivity index (χ3n) is 4.32. The molecule has 0 saturated carbocycles. The van der Waals surface area contributed by atoms with Gasteiger partial charge in [-0.05, 0) is 43.1 Å². The fourth-order valence-corrected chi connectivity index (χ4v) is 2.98. The molecule has 2 nitrogen and oxygen atoms in total. The Morgan fingerprint density at radius 1 is 0.905 bits per heavy atom. The molecule has 110 valence electrons. The molecule has 0 amide bonds. The van der Waals surface area contributed by atoms with Crippen LogP contribution in [0.1, 0.15) is 16.7 Å². The minimum atomic E-state index is 1.02. The van der Waals surface area contributed by atoms with Gasteiger partial charge in [0.1, 0.15) is 0 Å². The molecule has 1 aliphatic rings. The Bertz CT molecular complexity index is 584. The van der Waals surface area contributed by atoms with Crippen molar-refractivity contribution in [3.05, 3.63) is 65.2 Å². The lowest BCUT2D eigenvalue weighted by Crippen LogP contribution is -2.44. The molecule has 0 aliphatic carbocycles. The van der Waals surface area contributed by atoms with Crippen LogP contribution < -0.4 is 4.90 Å². The summed E-state index contributed by atoms with van der Waals surface area (Å²) in [5, 5.41) is 0. The van der Waals surface area contributed by atoms with Crippen LogP contribution >= 0.6 is 0 Å².